The summed E-state index contributed by atoms with van der Waals surface area (Å²) in [5.74, 6) is 0. The summed E-state index contributed by atoms with van der Waals surface area (Å²) in [6.07, 6.45) is 0. The lowest BCUT2D eigenvalue weighted by Crippen LogP contribution is -2.26. The monoisotopic (exact) mass is 642 g/mol. The Kier molecular flexibility index (Phi) is 6.01. The van der Waals surface area contributed by atoms with Gasteiger partial charge in [-0.2, -0.15) is 0 Å². The Morgan fingerprint density at radius 1 is 0.420 bits per heavy atom. The van der Waals surface area contributed by atoms with Gasteiger partial charge in [-0.15, -0.1) is 0 Å². The zero-order valence-corrected chi connectivity index (χ0v) is 28.9. The van der Waals surface area contributed by atoms with E-state index in [1.807, 2.05) is 0 Å². The summed E-state index contributed by atoms with van der Waals surface area (Å²) in [5.41, 5.74) is 17.7. The third-order valence-electron chi connectivity index (χ3n) is 11.6. The Morgan fingerprint density at radius 3 is 1.84 bits per heavy atom. The second-order valence-corrected chi connectivity index (χ2v) is 15.0. The number of fused-ring (bicyclic) bond motifs is 8. The average molecular weight is 643 g/mol. The first-order chi connectivity index (χ1) is 24.3. The highest BCUT2D eigenvalue weighted by atomic mass is 15.1. The van der Waals surface area contributed by atoms with Crippen molar-refractivity contribution in [3.63, 3.8) is 0 Å². The van der Waals surface area contributed by atoms with Gasteiger partial charge in [-0.25, -0.2) is 0 Å². The minimum absolute atomic E-state index is 0.0893. The van der Waals surface area contributed by atoms with Crippen molar-refractivity contribution in [3.8, 4) is 27.9 Å². The molecule has 0 amide bonds. The molecule has 2 nitrogen and oxygen atoms in total. The molecule has 8 aromatic rings. The van der Waals surface area contributed by atoms with Gasteiger partial charge >= 0.3 is 0 Å². The first kappa shape index (κ1) is 29.1. The standard InChI is InChI=1S/C48H38N2/c1-47(2)40-17-9-8-15-36(40)37-27-25-35(30-43(37)47)49(33-23-21-32(22-24-33)31-13-6-5-7-14-31)34-26-28-44-39(29-34)38-16-12-19-42-46(38)50(44)45-20-11-10-18-41(45)48(42,3)4/h5-30H,1-4H3. The number of aromatic nitrogens is 1. The van der Waals surface area contributed by atoms with Crippen LogP contribution < -0.4 is 4.90 Å². The molecule has 2 heterocycles. The van der Waals surface area contributed by atoms with Gasteiger partial charge in [0.1, 0.15) is 0 Å². The van der Waals surface area contributed by atoms with Crippen LogP contribution in [0, 0.1) is 0 Å². The number of hydrogen-bond donors (Lipinski definition) is 0. The Bertz CT molecular complexity index is 2640. The van der Waals surface area contributed by atoms with Crippen LogP contribution in [-0.2, 0) is 10.8 Å². The van der Waals surface area contributed by atoms with Crippen LogP contribution in [0.5, 0.6) is 0 Å². The van der Waals surface area contributed by atoms with E-state index in [4.69, 9.17) is 0 Å². The first-order valence-corrected chi connectivity index (χ1v) is 17.7. The van der Waals surface area contributed by atoms with E-state index in [0.717, 1.165) is 17.1 Å². The molecule has 0 N–H and O–H groups in total. The molecule has 0 unspecified atom stereocenters. The highest BCUT2D eigenvalue weighted by Gasteiger charge is 2.37. The molecular weight excluding hydrogens is 605 g/mol. The average Bonchev–Trinajstić information content (AvgIpc) is 3.60. The summed E-state index contributed by atoms with van der Waals surface area (Å²) in [4.78, 5) is 2.44. The molecule has 2 aliphatic rings. The predicted molar refractivity (Wildman–Crippen MR) is 211 cm³/mol. The maximum Gasteiger partial charge on any atom is 0.0582 e. The summed E-state index contributed by atoms with van der Waals surface area (Å²) in [6.45, 7) is 9.45. The van der Waals surface area contributed by atoms with Crippen molar-refractivity contribution in [2.75, 3.05) is 4.90 Å². The van der Waals surface area contributed by atoms with E-state index < -0.39 is 0 Å². The minimum atomic E-state index is -0.0926. The summed E-state index contributed by atoms with van der Waals surface area (Å²) < 4.78 is 2.50. The fourth-order valence-corrected chi connectivity index (χ4v) is 9.00. The van der Waals surface area contributed by atoms with E-state index in [1.54, 1.807) is 0 Å². The second kappa shape index (κ2) is 10.3. The highest BCUT2D eigenvalue weighted by Crippen LogP contribution is 2.52. The maximum absolute atomic E-state index is 2.50. The SMILES string of the molecule is CC1(C)c2ccccc2-c2ccc(N(c3ccc(-c4ccccc4)cc3)c3ccc4c(c3)c3cccc5c3n4-c3ccccc3C5(C)C)cc21. The van der Waals surface area contributed by atoms with E-state index >= 15 is 0 Å². The maximum atomic E-state index is 2.50. The van der Waals surface area contributed by atoms with Crippen LogP contribution in [0.3, 0.4) is 0 Å². The number of nitrogens with zero attached hydrogens (tertiary/aromatic N) is 2. The van der Waals surface area contributed by atoms with E-state index in [9.17, 15) is 0 Å². The molecule has 1 aromatic heterocycles. The van der Waals surface area contributed by atoms with Gasteiger partial charge < -0.3 is 9.47 Å². The Balaban J connectivity index is 1.20. The normalized spacial score (nSPS) is 14.7. The highest BCUT2D eigenvalue weighted by molar-refractivity contribution is 6.13. The van der Waals surface area contributed by atoms with Crippen LogP contribution in [0.25, 0.3) is 49.7 Å². The number of rotatable bonds is 4. The predicted octanol–water partition coefficient (Wildman–Crippen LogP) is 12.9. The molecule has 2 heteroatoms. The zero-order chi connectivity index (χ0) is 33.8. The van der Waals surface area contributed by atoms with Gasteiger partial charge in [0.2, 0.25) is 0 Å². The van der Waals surface area contributed by atoms with Crippen molar-refractivity contribution in [1.82, 2.24) is 4.57 Å². The minimum Gasteiger partial charge on any atom is -0.310 e. The zero-order valence-electron chi connectivity index (χ0n) is 28.9. The molecule has 0 spiro atoms. The van der Waals surface area contributed by atoms with Crippen molar-refractivity contribution in [2.24, 2.45) is 0 Å². The quantitative estimate of drug-likeness (QED) is 0.185. The summed E-state index contributed by atoms with van der Waals surface area (Å²) >= 11 is 0. The molecule has 0 saturated carbocycles. The van der Waals surface area contributed by atoms with Gasteiger partial charge in [-0.1, -0.05) is 137 Å². The summed E-state index contributed by atoms with van der Waals surface area (Å²) in [7, 11) is 0. The molecule has 0 atom stereocenters. The molecule has 1 aliphatic heterocycles. The van der Waals surface area contributed by atoms with Crippen molar-refractivity contribution < 1.29 is 0 Å². The van der Waals surface area contributed by atoms with E-state index in [1.165, 1.54) is 72.0 Å². The van der Waals surface area contributed by atoms with Crippen LogP contribution in [0.15, 0.2) is 158 Å². The van der Waals surface area contributed by atoms with Crippen molar-refractivity contribution in [2.45, 2.75) is 38.5 Å². The molecule has 240 valence electrons. The Labute approximate surface area is 293 Å². The molecule has 1 aliphatic carbocycles. The smallest absolute Gasteiger partial charge is 0.0582 e. The van der Waals surface area contributed by atoms with E-state index in [0.29, 0.717) is 0 Å². The van der Waals surface area contributed by atoms with Crippen molar-refractivity contribution in [1.29, 1.82) is 0 Å². The third-order valence-corrected chi connectivity index (χ3v) is 11.6. The second-order valence-electron chi connectivity index (χ2n) is 15.0. The molecular formula is C48H38N2. The van der Waals surface area contributed by atoms with Gasteiger partial charge in [0.15, 0.2) is 0 Å². The molecule has 50 heavy (non-hydrogen) atoms. The molecule has 10 rings (SSSR count). The first-order valence-electron chi connectivity index (χ1n) is 17.7. The topological polar surface area (TPSA) is 8.17 Å². The molecule has 7 aromatic carbocycles. The van der Waals surface area contributed by atoms with Crippen LogP contribution in [-0.4, -0.2) is 4.57 Å². The number of benzene rings is 7. The molecule has 0 radical (unpaired) electrons. The fraction of sp³-hybridized carbons (Fsp3) is 0.125. The number of anilines is 3. The van der Waals surface area contributed by atoms with Crippen molar-refractivity contribution in [3.05, 3.63) is 180 Å². The Morgan fingerprint density at radius 2 is 1.02 bits per heavy atom. The van der Waals surface area contributed by atoms with E-state index in [-0.39, 0.29) is 10.8 Å². The van der Waals surface area contributed by atoms with Crippen LogP contribution in [0.1, 0.15) is 49.9 Å². The molecule has 0 saturated heterocycles. The Hall–Kier alpha value is -5.86. The van der Waals surface area contributed by atoms with Crippen LogP contribution in [0.2, 0.25) is 0 Å². The van der Waals surface area contributed by atoms with Gasteiger partial charge in [-0.05, 0) is 93.0 Å². The lowest BCUT2D eigenvalue weighted by atomic mass is 9.75. The third kappa shape index (κ3) is 3.96. The van der Waals surface area contributed by atoms with E-state index in [2.05, 4.69) is 195 Å². The number of para-hydroxylation sites is 2. The van der Waals surface area contributed by atoms with Gasteiger partial charge in [0.25, 0.3) is 0 Å². The fourth-order valence-electron chi connectivity index (χ4n) is 9.00. The molecule has 0 fully saturated rings. The van der Waals surface area contributed by atoms with Gasteiger partial charge in [0, 0.05) is 38.7 Å². The lowest BCUT2D eigenvalue weighted by molar-refractivity contribution is 0.630. The lowest BCUT2D eigenvalue weighted by Gasteiger charge is -2.34. The largest absolute Gasteiger partial charge is 0.310 e. The van der Waals surface area contributed by atoms with Crippen LogP contribution in [0.4, 0.5) is 17.1 Å². The van der Waals surface area contributed by atoms with Crippen LogP contribution >= 0.6 is 0 Å². The molecule has 0 bridgehead atoms. The summed E-state index contributed by atoms with van der Waals surface area (Å²) in [6, 6.07) is 58.5. The summed E-state index contributed by atoms with van der Waals surface area (Å²) in [5, 5.41) is 2.57. The number of hydrogen-bond acceptors (Lipinski definition) is 1. The van der Waals surface area contributed by atoms with Gasteiger partial charge in [-0.3, -0.25) is 0 Å². The van der Waals surface area contributed by atoms with Gasteiger partial charge in [0.05, 0.1) is 16.7 Å². The van der Waals surface area contributed by atoms with Crippen molar-refractivity contribution >= 4 is 38.9 Å².